The molecule has 0 aromatic carbocycles. The first-order valence-corrected chi connectivity index (χ1v) is 6.76. The third-order valence-corrected chi connectivity index (χ3v) is 3.10. The molecule has 102 valence electrons. The molecule has 1 atom stereocenters. The van der Waals surface area contributed by atoms with Crippen molar-refractivity contribution >= 4 is 0 Å². The van der Waals surface area contributed by atoms with Gasteiger partial charge in [-0.1, -0.05) is 27.7 Å². The largest absolute Gasteiger partial charge is 0.474 e. The van der Waals surface area contributed by atoms with Crippen molar-refractivity contribution in [1.82, 2.24) is 10.3 Å². The third-order valence-electron chi connectivity index (χ3n) is 3.10. The van der Waals surface area contributed by atoms with Gasteiger partial charge in [-0.2, -0.15) is 0 Å². The normalized spacial score (nSPS) is 13.1. The summed E-state index contributed by atoms with van der Waals surface area (Å²) in [5.74, 6) is 1.65. The lowest BCUT2D eigenvalue weighted by Crippen LogP contribution is -2.20. The van der Waals surface area contributed by atoms with Crippen LogP contribution in [0.25, 0.3) is 0 Å². The van der Waals surface area contributed by atoms with Gasteiger partial charge in [0.05, 0.1) is 6.10 Å². The second kappa shape index (κ2) is 6.74. The van der Waals surface area contributed by atoms with Gasteiger partial charge in [0, 0.05) is 18.3 Å². The summed E-state index contributed by atoms with van der Waals surface area (Å²) < 4.78 is 5.91. The first-order chi connectivity index (χ1) is 8.43. The third kappa shape index (κ3) is 4.30. The SMILES string of the molecule is CNCc1cc(OC(C)C(C)C)nc(C(C)C)c1. The minimum Gasteiger partial charge on any atom is -0.474 e. The standard InChI is InChI=1S/C15H26N2O/c1-10(2)12(5)18-15-8-13(9-16-6)7-14(17-15)11(3)4/h7-8,10-12,16H,9H2,1-6H3. The van der Waals surface area contributed by atoms with Crippen LogP contribution < -0.4 is 10.1 Å². The van der Waals surface area contributed by atoms with Crippen molar-refractivity contribution in [3.63, 3.8) is 0 Å². The van der Waals surface area contributed by atoms with Crippen molar-refractivity contribution < 1.29 is 4.74 Å². The van der Waals surface area contributed by atoms with E-state index in [0.29, 0.717) is 11.8 Å². The van der Waals surface area contributed by atoms with Gasteiger partial charge in [0.2, 0.25) is 5.88 Å². The van der Waals surface area contributed by atoms with E-state index in [0.717, 1.165) is 18.1 Å². The van der Waals surface area contributed by atoms with Crippen LogP contribution in [0.3, 0.4) is 0 Å². The van der Waals surface area contributed by atoms with Crippen molar-refractivity contribution in [3.8, 4) is 5.88 Å². The summed E-state index contributed by atoms with van der Waals surface area (Å²) in [6.45, 7) is 11.6. The van der Waals surface area contributed by atoms with Crippen LogP contribution in [-0.4, -0.2) is 18.1 Å². The number of hydrogen-bond donors (Lipinski definition) is 1. The van der Waals surface area contributed by atoms with Crippen LogP contribution in [0, 0.1) is 5.92 Å². The topological polar surface area (TPSA) is 34.1 Å². The zero-order valence-electron chi connectivity index (χ0n) is 12.4. The van der Waals surface area contributed by atoms with Crippen LogP contribution in [0.15, 0.2) is 12.1 Å². The number of nitrogens with zero attached hydrogens (tertiary/aromatic N) is 1. The summed E-state index contributed by atoms with van der Waals surface area (Å²) in [7, 11) is 1.95. The Labute approximate surface area is 111 Å². The molecule has 0 aliphatic heterocycles. The fourth-order valence-electron chi connectivity index (χ4n) is 1.57. The van der Waals surface area contributed by atoms with E-state index in [9.17, 15) is 0 Å². The Morgan fingerprint density at radius 1 is 1.17 bits per heavy atom. The highest BCUT2D eigenvalue weighted by atomic mass is 16.5. The van der Waals surface area contributed by atoms with E-state index in [-0.39, 0.29) is 6.10 Å². The molecule has 1 aromatic rings. The highest BCUT2D eigenvalue weighted by Crippen LogP contribution is 2.21. The molecule has 1 heterocycles. The second-order valence-electron chi connectivity index (χ2n) is 5.49. The van der Waals surface area contributed by atoms with Crippen LogP contribution in [0.5, 0.6) is 5.88 Å². The van der Waals surface area contributed by atoms with Gasteiger partial charge in [-0.05, 0) is 37.4 Å². The van der Waals surface area contributed by atoms with E-state index >= 15 is 0 Å². The van der Waals surface area contributed by atoms with Crippen LogP contribution in [0.1, 0.15) is 51.8 Å². The Morgan fingerprint density at radius 2 is 1.83 bits per heavy atom. The van der Waals surface area contributed by atoms with E-state index in [4.69, 9.17) is 4.74 Å². The fraction of sp³-hybridized carbons (Fsp3) is 0.667. The lowest BCUT2D eigenvalue weighted by molar-refractivity contribution is 0.162. The smallest absolute Gasteiger partial charge is 0.214 e. The number of pyridine rings is 1. The first kappa shape index (κ1) is 15.0. The summed E-state index contributed by atoms with van der Waals surface area (Å²) in [6.07, 6.45) is 0.183. The minimum absolute atomic E-state index is 0.183. The number of ether oxygens (including phenoxy) is 1. The van der Waals surface area contributed by atoms with Crippen LogP contribution in [0.4, 0.5) is 0 Å². The Hall–Kier alpha value is -1.09. The minimum atomic E-state index is 0.183. The molecule has 18 heavy (non-hydrogen) atoms. The zero-order valence-corrected chi connectivity index (χ0v) is 12.4. The van der Waals surface area contributed by atoms with Crippen LogP contribution in [0.2, 0.25) is 0 Å². The van der Waals surface area contributed by atoms with Crippen LogP contribution >= 0.6 is 0 Å². The van der Waals surface area contributed by atoms with E-state index in [1.165, 1.54) is 5.56 Å². The van der Waals surface area contributed by atoms with Crippen molar-refractivity contribution in [3.05, 3.63) is 23.4 Å². The molecule has 0 saturated heterocycles. The van der Waals surface area contributed by atoms with E-state index in [1.807, 2.05) is 13.1 Å². The van der Waals surface area contributed by atoms with Crippen molar-refractivity contribution in [2.24, 2.45) is 5.92 Å². The summed E-state index contributed by atoms with van der Waals surface area (Å²) in [6, 6.07) is 4.18. The Morgan fingerprint density at radius 3 is 2.33 bits per heavy atom. The Balaban J connectivity index is 2.95. The van der Waals surface area contributed by atoms with E-state index in [1.54, 1.807) is 0 Å². The quantitative estimate of drug-likeness (QED) is 0.840. The molecule has 0 amide bonds. The molecule has 0 aliphatic rings. The number of nitrogens with one attached hydrogen (secondary N) is 1. The predicted octanol–water partition coefficient (Wildman–Crippen LogP) is 3.35. The highest BCUT2D eigenvalue weighted by Gasteiger charge is 2.12. The Kier molecular flexibility index (Phi) is 5.60. The summed E-state index contributed by atoms with van der Waals surface area (Å²) >= 11 is 0. The molecule has 0 aliphatic carbocycles. The monoisotopic (exact) mass is 250 g/mol. The maximum Gasteiger partial charge on any atom is 0.214 e. The number of rotatable bonds is 6. The molecule has 0 saturated carbocycles. The molecule has 0 fully saturated rings. The molecule has 0 spiro atoms. The maximum atomic E-state index is 5.91. The summed E-state index contributed by atoms with van der Waals surface area (Å²) in [5, 5.41) is 3.17. The first-order valence-electron chi connectivity index (χ1n) is 6.76. The lowest BCUT2D eigenvalue weighted by atomic mass is 10.1. The molecular weight excluding hydrogens is 224 g/mol. The predicted molar refractivity (Wildman–Crippen MR) is 76.0 cm³/mol. The lowest BCUT2D eigenvalue weighted by Gasteiger charge is -2.19. The second-order valence-corrected chi connectivity index (χ2v) is 5.49. The molecule has 1 aromatic heterocycles. The van der Waals surface area contributed by atoms with Gasteiger partial charge in [0.15, 0.2) is 0 Å². The Bertz CT molecular complexity index is 375. The van der Waals surface area contributed by atoms with Gasteiger partial charge >= 0.3 is 0 Å². The zero-order chi connectivity index (χ0) is 13.7. The van der Waals surface area contributed by atoms with Gasteiger partial charge in [-0.3, -0.25) is 0 Å². The van der Waals surface area contributed by atoms with E-state index in [2.05, 4.69) is 51.0 Å². The van der Waals surface area contributed by atoms with Gasteiger partial charge in [-0.15, -0.1) is 0 Å². The number of hydrogen-bond acceptors (Lipinski definition) is 3. The van der Waals surface area contributed by atoms with Gasteiger partial charge in [0.25, 0.3) is 0 Å². The summed E-state index contributed by atoms with van der Waals surface area (Å²) in [5.41, 5.74) is 2.32. The van der Waals surface area contributed by atoms with Gasteiger partial charge in [-0.25, -0.2) is 4.98 Å². The molecule has 0 radical (unpaired) electrons. The number of aromatic nitrogens is 1. The maximum absolute atomic E-state index is 5.91. The van der Waals surface area contributed by atoms with Gasteiger partial charge in [0.1, 0.15) is 0 Å². The van der Waals surface area contributed by atoms with Crippen LogP contribution in [-0.2, 0) is 6.54 Å². The molecule has 1 unspecified atom stereocenters. The van der Waals surface area contributed by atoms with Gasteiger partial charge < -0.3 is 10.1 Å². The molecule has 0 bridgehead atoms. The average molecular weight is 250 g/mol. The molecule has 1 N–H and O–H groups in total. The average Bonchev–Trinajstić information content (AvgIpc) is 2.28. The molecule has 3 heteroatoms. The molecule has 3 nitrogen and oxygen atoms in total. The van der Waals surface area contributed by atoms with Crippen molar-refractivity contribution in [2.45, 2.75) is 53.2 Å². The summed E-state index contributed by atoms with van der Waals surface area (Å²) in [4.78, 5) is 4.59. The molecule has 1 rings (SSSR count). The van der Waals surface area contributed by atoms with Crippen molar-refractivity contribution in [2.75, 3.05) is 7.05 Å². The fourth-order valence-corrected chi connectivity index (χ4v) is 1.57. The molecular formula is C15H26N2O. The highest BCUT2D eigenvalue weighted by molar-refractivity contribution is 5.26. The van der Waals surface area contributed by atoms with E-state index < -0.39 is 0 Å². The van der Waals surface area contributed by atoms with Crippen molar-refractivity contribution in [1.29, 1.82) is 0 Å².